The molecule has 2 aromatic rings. The molecular formula is C22H23FN2O4. The van der Waals surface area contributed by atoms with Crippen molar-refractivity contribution in [3.63, 3.8) is 0 Å². The molecule has 2 amide bonds. The maximum Gasteiger partial charge on any atom is 0.336 e. The van der Waals surface area contributed by atoms with Crippen LogP contribution in [0.2, 0.25) is 0 Å². The average Bonchev–Trinajstić information content (AvgIpc) is 2.69. The van der Waals surface area contributed by atoms with Crippen LogP contribution in [-0.4, -0.2) is 40.9 Å². The lowest BCUT2D eigenvalue weighted by Gasteiger charge is -2.32. The van der Waals surface area contributed by atoms with Crippen molar-refractivity contribution < 1.29 is 23.9 Å². The summed E-state index contributed by atoms with van der Waals surface area (Å²) in [5.41, 5.74) is 2.38. The van der Waals surface area contributed by atoms with E-state index in [4.69, 9.17) is 0 Å². The van der Waals surface area contributed by atoms with Gasteiger partial charge in [-0.05, 0) is 68.1 Å². The number of anilines is 1. The van der Waals surface area contributed by atoms with Gasteiger partial charge in [0.25, 0.3) is 5.91 Å². The van der Waals surface area contributed by atoms with Crippen molar-refractivity contribution >= 4 is 23.5 Å². The first-order chi connectivity index (χ1) is 13.8. The number of nitrogens with zero attached hydrogens (tertiary/aromatic N) is 1. The second-order valence-electron chi connectivity index (χ2n) is 7.37. The van der Waals surface area contributed by atoms with E-state index in [1.165, 1.54) is 30.3 Å². The molecule has 2 N–H and O–H groups in total. The number of aryl methyl sites for hydroxylation is 2. The van der Waals surface area contributed by atoms with Gasteiger partial charge in [0.05, 0.1) is 11.5 Å². The first-order valence-corrected chi connectivity index (χ1v) is 9.46. The number of amides is 2. The molecule has 1 aliphatic heterocycles. The molecule has 1 fully saturated rings. The smallest absolute Gasteiger partial charge is 0.336 e. The molecule has 0 bridgehead atoms. The van der Waals surface area contributed by atoms with Crippen LogP contribution in [0.5, 0.6) is 0 Å². The first-order valence-electron chi connectivity index (χ1n) is 9.46. The predicted molar refractivity (Wildman–Crippen MR) is 107 cm³/mol. The minimum atomic E-state index is -1.05. The van der Waals surface area contributed by atoms with Crippen LogP contribution in [0.3, 0.4) is 0 Å². The molecule has 0 radical (unpaired) electrons. The fraction of sp³-hybridized carbons (Fsp3) is 0.318. The molecule has 0 aliphatic carbocycles. The summed E-state index contributed by atoms with van der Waals surface area (Å²) in [7, 11) is 0. The van der Waals surface area contributed by atoms with Crippen LogP contribution in [0, 0.1) is 25.6 Å². The fourth-order valence-electron chi connectivity index (χ4n) is 3.60. The van der Waals surface area contributed by atoms with E-state index in [1.54, 1.807) is 24.8 Å². The van der Waals surface area contributed by atoms with Crippen LogP contribution in [0.15, 0.2) is 36.4 Å². The molecule has 1 aliphatic rings. The zero-order chi connectivity index (χ0) is 21.1. The van der Waals surface area contributed by atoms with E-state index in [0.717, 1.165) is 5.56 Å². The number of halogens is 1. The SMILES string of the molecule is Cc1cc(C)c(C(=O)O)cc1NC(=O)C1CCCN(C(=O)c2ccc(F)cc2)C1. The van der Waals surface area contributed by atoms with Crippen LogP contribution in [0.4, 0.5) is 10.1 Å². The summed E-state index contributed by atoms with van der Waals surface area (Å²) in [6.45, 7) is 4.31. The van der Waals surface area contributed by atoms with Crippen LogP contribution in [0.1, 0.15) is 44.7 Å². The molecule has 152 valence electrons. The fourth-order valence-corrected chi connectivity index (χ4v) is 3.60. The van der Waals surface area contributed by atoms with Gasteiger partial charge in [-0.3, -0.25) is 9.59 Å². The molecule has 0 saturated carbocycles. The van der Waals surface area contributed by atoms with Gasteiger partial charge in [-0.1, -0.05) is 6.07 Å². The number of rotatable bonds is 4. The standard InChI is InChI=1S/C22H23FN2O4/c1-13-10-14(2)19(11-18(13)22(28)29)24-20(26)16-4-3-9-25(12-16)21(27)15-5-7-17(23)8-6-15/h5-8,10-11,16H,3-4,9,12H2,1-2H3,(H,24,26)(H,28,29). The van der Waals surface area contributed by atoms with Crippen molar-refractivity contribution in [2.45, 2.75) is 26.7 Å². The van der Waals surface area contributed by atoms with Crippen LogP contribution in [-0.2, 0) is 4.79 Å². The Balaban J connectivity index is 1.71. The van der Waals surface area contributed by atoms with Crippen molar-refractivity contribution in [2.75, 3.05) is 18.4 Å². The first kappa shape index (κ1) is 20.5. The maximum atomic E-state index is 13.1. The molecule has 2 aromatic carbocycles. The van der Waals surface area contributed by atoms with Crippen molar-refractivity contribution in [2.24, 2.45) is 5.92 Å². The highest BCUT2D eigenvalue weighted by Crippen LogP contribution is 2.24. The van der Waals surface area contributed by atoms with E-state index < -0.39 is 17.7 Å². The summed E-state index contributed by atoms with van der Waals surface area (Å²) in [5, 5.41) is 12.1. The Kier molecular flexibility index (Phi) is 5.96. The molecule has 1 unspecified atom stereocenters. The third-order valence-corrected chi connectivity index (χ3v) is 5.23. The molecule has 6 nitrogen and oxygen atoms in total. The third-order valence-electron chi connectivity index (χ3n) is 5.23. The number of benzene rings is 2. The van der Waals surface area contributed by atoms with Crippen molar-refractivity contribution in [1.82, 2.24) is 4.90 Å². The molecule has 0 aromatic heterocycles. The minimum Gasteiger partial charge on any atom is -0.478 e. The van der Waals surface area contributed by atoms with Gasteiger partial charge in [-0.25, -0.2) is 9.18 Å². The highest BCUT2D eigenvalue weighted by Gasteiger charge is 2.29. The van der Waals surface area contributed by atoms with Crippen LogP contribution >= 0.6 is 0 Å². The number of hydrogen-bond acceptors (Lipinski definition) is 3. The van der Waals surface area contributed by atoms with Crippen molar-refractivity contribution in [1.29, 1.82) is 0 Å². The van der Waals surface area contributed by atoms with E-state index in [-0.39, 0.29) is 23.9 Å². The molecule has 7 heteroatoms. The Bertz CT molecular complexity index is 956. The lowest BCUT2D eigenvalue weighted by molar-refractivity contribution is -0.121. The number of carbonyl (C=O) groups is 3. The summed E-state index contributed by atoms with van der Waals surface area (Å²) in [5.74, 6) is -2.34. The Morgan fingerprint density at radius 2 is 1.79 bits per heavy atom. The van der Waals surface area contributed by atoms with Gasteiger partial charge in [0.1, 0.15) is 5.82 Å². The minimum absolute atomic E-state index is 0.141. The predicted octanol–water partition coefficient (Wildman–Crippen LogP) is 3.63. The zero-order valence-electron chi connectivity index (χ0n) is 16.4. The number of hydrogen-bond donors (Lipinski definition) is 2. The third kappa shape index (κ3) is 4.62. The average molecular weight is 398 g/mol. The molecule has 1 heterocycles. The van der Waals surface area contributed by atoms with Gasteiger partial charge in [-0.2, -0.15) is 0 Å². The Hall–Kier alpha value is -3.22. The second-order valence-corrected chi connectivity index (χ2v) is 7.37. The quantitative estimate of drug-likeness (QED) is 0.823. The summed E-state index contributed by atoms with van der Waals surface area (Å²) in [6.07, 6.45) is 1.31. The Labute approximate surface area is 168 Å². The monoisotopic (exact) mass is 398 g/mol. The molecular weight excluding hydrogens is 375 g/mol. The lowest BCUT2D eigenvalue weighted by atomic mass is 9.96. The molecule has 29 heavy (non-hydrogen) atoms. The zero-order valence-corrected chi connectivity index (χ0v) is 16.4. The van der Waals surface area contributed by atoms with Gasteiger partial charge in [0.2, 0.25) is 5.91 Å². The van der Waals surface area contributed by atoms with Gasteiger partial charge >= 0.3 is 5.97 Å². The number of carbonyl (C=O) groups excluding carboxylic acids is 2. The molecule has 1 saturated heterocycles. The number of carboxylic acids is 1. The second kappa shape index (κ2) is 8.43. The van der Waals surface area contributed by atoms with E-state index in [1.807, 2.05) is 0 Å². The van der Waals surface area contributed by atoms with Crippen LogP contribution in [0.25, 0.3) is 0 Å². The van der Waals surface area contributed by atoms with E-state index >= 15 is 0 Å². The number of carboxylic acid groups (broad SMARTS) is 1. The highest BCUT2D eigenvalue weighted by atomic mass is 19.1. The van der Waals surface area contributed by atoms with E-state index in [9.17, 15) is 23.9 Å². The largest absolute Gasteiger partial charge is 0.478 e. The number of likely N-dealkylation sites (tertiary alicyclic amines) is 1. The summed E-state index contributed by atoms with van der Waals surface area (Å²) in [4.78, 5) is 38.4. The maximum absolute atomic E-state index is 13.1. The van der Waals surface area contributed by atoms with Crippen molar-refractivity contribution in [3.05, 3.63) is 64.5 Å². The normalized spacial score (nSPS) is 16.4. The van der Waals surface area contributed by atoms with Crippen LogP contribution < -0.4 is 5.32 Å². The number of piperidine rings is 1. The summed E-state index contributed by atoms with van der Waals surface area (Å²) in [6, 6.07) is 8.54. The number of aromatic carboxylic acids is 1. The van der Waals surface area contributed by atoms with Gasteiger partial charge in [0, 0.05) is 24.3 Å². The molecule has 1 atom stereocenters. The molecule has 0 spiro atoms. The summed E-state index contributed by atoms with van der Waals surface area (Å²) < 4.78 is 13.1. The topological polar surface area (TPSA) is 86.7 Å². The summed E-state index contributed by atoms with van der Waals surface area (Å²) >= 11 is 0. The van der Waals surface area contributed by atoms with Gasteiger partial charge in [-0.15, -0.1) is 0 Å². The lowest BCUT2D eigenvalue weighted by Crippen LogP contribution is -2.43. The van der Waals surface area contributed by atoms with Gasteiger partial charge in [0.15, 0.2) is 0 Å². The highest BCUT2D eigenvalue weighted by molar-refractivity contribution is 5.98. The molecule has 3 rings (SSSR count). The van der Waals surface area contributed by atoms with E-state index in [2.05, 4.69) is 5.32 Å². The van der Waals surface area contributed by atoms with Gasteiger partial charge < -0.3 is 15.3 Å². The van der Waals surface area contributed by atoms with Crippen molar-refractivity contribution in [3.8, 4) is 0 Å². The Morgan fingerprint density at radius 3 is 2.45 bits per heavy atom. The van der Waals surface area contributed by atoms with E-state index in [0.29, 0.717) is 36.2 Å². The Morgan fingerprint density at radius 1 is 1.10 bits per heavy atom. The number of nitrogens with one attached hydrogen (secondary N) is 1.